The highest BCUT2D eigenvalue weighted by Gasteiger charge is 2.39. The van der Waals surface area contributed by atoms with Crippen LogP contribution < -0.4 is 15.0 Å². The van der Waals surface area contributed by atoms with Gasteiger partial charge in [0, 0.05) is 30.1 Å². The van der Waals surface area contributed by atoms with Crippen LogP contribution in [0.25, 0.3) is 0 Å². The van der Waals surface area contributed by atoms with E-state index < -0.39 is 6.09 Å². The van der Waals surface area contributed by atoms with Crippen molar-refractivity contribution in [2.45, 2.75) is 39.5 Å². The first kappa shape index (κ1) is 19.7. The highest BCUT2D eigenvalue weighted by atomic mass is 16.5. The number of hydrogen-bond acceptors (Lipinski definition) is 4. The van der Waals surface area contributed by atoms with E-state index in [2.05, 4.69) is 5.32 Å². The number of methoxy groups -OCH3 is 1. The van der Waals surface area contributed by atoms with E-state index in [0.29, 0.717) is 5.75 Å². The molecular weight excluding hydrogens is 356 g/mol. The zero-order valence-electron chi connectivity index (χ0n) is 16.6. The molecule has 2 amide bonds. The zero-order valence-corrected chi connectivity index (χ0v) is 16.6. The number of amides is 2. The van der Waals surface area contributed by atoms with Crippen LogP contribution in [0.4, 0.5) is 10.5 Å². The van der Waals surface area contributed by atoms with E-state index in [4.69, 9.17) is 9.47 Å². The molecule has 0 radical (unpaired) electrons. The predicted octanol–water partition coefficient (Wildman–Crippen LogP) is 4.05. The molecular formula is C22H26N2O4. The van der Waals surface area contributed by atoms with Gasteiger partial charge in [0.2, 0.25) is 5.91 Å². The summed E-state index contributed by atoms with van der Waals surface area (Å²) in [6.45, 7) is 5.77. The van der Waals surface area contributed by atoms with Crippen molar-refractivity contribution < 1.29 is 19.1 Å². The van der Waals surface area contributed by atoms with Crippen molar-refractivity contribution in [3.8, 4) is 5.75 Å². The number of nitrogens with zero attached hydrogens (tertiary/aromatic N) is 1. The second-order valence-corrected chi connectivity index (χ2v) is 7.10. The van der Waals surface area contributed by atoms with E-state index in [1.807, 2.05) is 62.4 Å². The normalized spacial score (nSPS) is 20.9. The third-order valence-corrected chi connectivity index (χ3v) is 5.35. The lowest BCUT2D eigenvalue weighted by Crippen LogP contribution is -2.50. The highest BCUT2D eigenvalue weighted by Crippen LogP contribution is 2.42. The molecule has 0 saturated carbocycles. The van der Waals surface area contributed by atoms with Crippen LogP contribution in [0.3, 0.4) is 0 Å². The number of anilines is 1. The number of ether oxygens (including phenoxy) is 2. The van der Waals surface area contributed by atoms with Crippen LogP contribution in [-0.4, -0.2) is 25.2 Å². The van der Waals surface area contributed by atoms with Crippen molar-refractivity contribution in [2.24, 2.45) is 5.92 Å². The molecule has 3 rings (SSSR count). The molecule has 1 aliphatic heterocycles. The molecule has 0 fully saturated rings. The Hall–Kier alpha value is -3.02. The summed E-state index contributed by atoms with van der Waals surface area (Å²) in [6.07, 6.45) is -0.488. The van der Waals surface area contributed by atoms with Gasteiger partial charge in [-0.1, -0.05) is 37.3 Å². The fourth-order valence-corrected chi connectivity index (χ4v) is 3.70. The van der Waals surface area contributed by atoms with Gasteiger partial charge in [-0.2, -0.15) is 0 Å². The van der Waals surface area contributed by atoms with Crippen LogP contribution >= 0.6 is 0 Å². The van der Waals surface area contributed by atoms with Crippen molar-refractivity contribution >= 4 is 17.7 Å². The molecule has 1 unspecified atom stereocenters. The number of benzene rings is 2. The van der Waals surface area contributed by atoms with Crippen molar-refractivity contribution in [1.82, 2.24) is 5.32 Å². The number of carbonyl (C=O) groups excluding carboxylic acids is 2. The number of alkyl carbamates (subject to hydrolysis) is 1. The summed E-state index contributed by atoms with van der Waals surface area (Å²) in [5.74, 6) is 0.636. The Bertz CT molecular complexity index is 853. The minimum absolute atomic E-state index is 0.00668. The molecule has 6 heteroatoms. The molecule has 1 N–H and O–H groups in total. The second kappa shape index (κ2) is 8.33. The third-order valence-electron chi connectivity index (χ3n) is 5.35. The predicted molar refractivity (Wildman–Crippen MR) is 107 cm³/mol. The Morgan fingerprint density at radius 2 is 1.82 bits per heavy atom. The minimum Gasteiger partial charge on any atom is -0.497 e. The van der Waals surface area contributed by atoms with Crippen molar-refractivity contribution in [2.75, 3.05) is 12.0 Å². The summed E-state index contributed by atoms with van der Waals surface area (Å²) in [6, 6.07) is 14.7. The molecule has 6 nitrogen and oxygen atoms in total. The fraction of sp³-hybridized carbons (Fsp3) is 0.364. The van der Waals surface area contributed by atoms with Gasteiger partial charge < -0.3 is 19.7 Å². The molecule has 28 heavy (non-hydrogen) atoms. The first-order valence-electron chi connectivity index (χ1n) is 9.37. The SMILES string of the molecule is COc1ccc2c(c1)[C@H](NC(=O)OCc1ccccc1)C(C)[C@H](C)N2C(C)=O. The first-order valence-corrected chi connectivity index (χ1v) is 9.37. The summed E-state index contributed by atoms with van der Waals surface area (Å²) in [5, 5.41) is 2.98. The summed E-state index contributed by atoms with van der Waals surface area (Å²) < 4.78 is 10.7. The van der Waals surface area contributed by atoms with Crippen LogP contribution in [0.5, 0.6) is 5.75 Å². The van der Waals surface area contributed by atoms with Gasteiger partial charge in [-0.05, 0) is 30.7 Å². The smallest absolute Gasteiger partial charge is 0.407 e. The monoisotopic (exact) mass is 382 g/mol. The van der Waals surface area contributed by atoms with E-state index in [1.165, 1.54) is 0 Å². The molecule has 0 aromatic heterocycles. The standard InChI is InChI=1S/C22H26N2O4/c1-14-15(2)24(16(3)25)20-11-10-18(27-4)12-19(20)21(14)23-22(26)28-13-17-8-6-5-7-9-17/h5-12,14-15,21H,13H2,1-4H3,(H,23,26)/t14?,15-,21+/m0/s1. The summed E-state index contributed by atoms with van der Waals surface area (Å²) in [7, 11) is 1.59. The van der Waals surface area contributed by atoms with Crippen molar-refractivity contribution in [3.63, 3.8) is 0 Å². The Kier molecular flexibility index (Phi) is 5.87. The zero-order chi connectivity index (χ0) is 20.3. The van der Waals surface area contributed by atoms with Crippen LogP contribution in [0.1, 0.15) is 37.9 Å². The van der Waals surface area contributed by atoms with E-state index >= 15 is 0 Å². The molecule has 0 spiro atoms. The molecule has 2 aromatic rings. The van der Waals surface area contributed by atoms with E-state index in [1.54, 1.807) is 18.9 Å². The molecule has 1 aliphatic rings. The van der Waals surface area contributed by atoms with Gasteiger partial charge in [0.25, 0.3) is 0 Å². The van der Waals surface area contributed by atoms with Gasteiger partial charge in [0.05, 0.1) is 13.2 Å². The van der Waals surface area contributed by atoms with E-state index in [-0.39, 0.29) is 30.5 Å². The number of hydrogen-bond donors (Lipinski definition) is 1. The van der Waals surface area contributed by atoms with Gasteiger partial charge in [0.15, 0.2) is 0 Å². The van der Waals surface area contributed by atoms with Gasteiger partial charge in [0.1, 0.15) is 12.4 Å². The van der Waals surface area contributed by atoms with Gasteiger partial charge in [-0.3, -0.25) is 4.79 Å². The number of carbonyl (C=O) groups is 2. The molecule has 0 bridgehead atoms. The molecule has 0 aliphatic carbocycles. The number of rotatable bonds is 4. The lowest BCUT2D eigenvalue weighted by atomic mass is 9.83. The number of fused-ring (bicyclic) bond motifs is 1. The van der Waals surface area contributed by atoms with Crippen LogP contribution in [-0.2, 0) is 16.1 Å². The maximum Gasteiger partial charge on any atom is 0.407 e. The summed E-state index contributed by atoms with van der Waals surface area (Å²) in [4.78, 5) is 26.5. The van der Waals surface area contributed by atoms with Crippen LogP contribution in [0.2, 0.25) is 0 Å². The number of nitrogens with one attached hydrogen (secondary N) is 1. The topological polar surface area (TPSA) is 67.9 Å². The fourth-order valence-electron chi connectivity index (χ4n) is 3.70. The quantitative estimate of drug-likeness (QED) is 0.866. The van der Waals surface area contributed by atoms with E-state index in [0.717, 1.165) is 16.8 Å². The average molecular weight is 382 g/mol. The Morgan fingerprint density at radius 1 is 1.11 bits per heavy atom. The molecule has 3 atom stereocenters. The van der Waals surface area contributed by atoms with Gasteiger partial charge in [-0.25, -0.2) is 4.79 Å². The highest BCUT2D eigenvalue weighted by molar-refractivity contribution is 5.94. The minimum atomic E-state index is -0.488. The molecule has 1 heterocycles. The maximum absolute atomic E-state index is 12.5. The van der Waals surface area contributed by atoms with Gasteiger partial charge >= 0.3 is 6.09 Å². The summed E-state index contributed by atoms with van der Waals surface area (Å²) >= 11 is 0. The summed E-state index contributed by atoms with van der Waals surface area (Å²) in [5.41, 5.74) is 2.55. The lowest BCUT2D eigenvalue weighted by molar-refractivity contribution is -0.117. The average Bonchev–Trinajstić information content (AvgIpc) is 2.70. The van der Waals surface area contributed by atoms with Crippen molar-refractivity contribution in [1.29, 1.82) is 0 Å². The maximum atomic E-state index is 12.5. The Labute approximate surface area is 165 Å². The van der Waals surface area contributed by atoms with Gasteiger partial charge in [-0.15, -0.1) is 0 Å². The van der Waals surface area contributed by atoms with E-state index in [9.17, 15) is 9.59 Å². The largest absolute Gasteiger partial charge is 0.497 e. The lowest BCUT2D eigenvalue weighted by Gasteiger charge is -2.43. The van der Waals surface area contributed by atoms with Crippen molar-refractivity contribution in [3.05, 3.63) is 59.7 Å². The second-order valence-electron chi connectivity index (χ2n) is 7.10. The molecule has 0 saturated heterocycles. The van der Waals surface area contributed by atoms with Crippen LogP contribution in [0.15, 0.2) is 48.5 Å². The Morgan fingerprint density at radius 3 is 2.46 bits per heavy atom. The first-order chi connectivity index (χ1) is 13.4. The third kappa shape index (κ3) is 3.96. The van der Waals surface area contributed by atoms with Crippen LogP contribution in [0, 0.1) is 5.92 Å². The molecule has 148 valence electrons. The Balaban J connectivity index is 1.84. The molecule has 2 aromatic carbocycles.